The quantitative estimate of drug-likeness (QED) is 0.398. The second-order valence-corrected chi connectivity index (χ2v) is 6.99. The number of carbonyl (C=O) groups excluding carboxylic acids is 1. The average Bonchev–Trinajstić information content (AvgIpc) is 2.61. The molecule has 0 saturated carbocycles. The molecule has 0 aliphatic carbocycles. The lowest BCUT2D eigenvalue weighted by molar-refractivity contribution is -0.644. The van der Waals surface area contributed by atoms with Gasteiger partial charge in [-0.05, 0) is 24.3 Å². The topological polar surface area (TPSA) is 90.2 Å². The number of para-hydroxylation sites is 1. The lowest BCUT2D eigenvalue weighted by atomic mass is 10.2. The molecule has 0 saturated heterocycles. The Balaban J connectivity index is 0.000000300. The Morgan fingerprint density at radius 1 is 1.04 bits per heavy atom. The minimum absolute atomic E-state index is 0.0964. The maximum absolute atomic E-state index is 12.1. The third-order valence-electron chi connectivity index (χ3n) is 3.54. The number of nitrogens with zero attached hydrogens (tertiary/aromatic N) is 1. The van der Waals surface area contributed by atoms with E-state index in [1.165, 1.54) is 0 Å². The van der Waals surface area contributed by atoms with Gasteiger partial charge in [0.15, 0.2) is 16.3 Å². The van der Waals surface area contributed by atoms with Crippen molar-refractivity contribution in [2.45, 2.75) is 5.51 Å². The Labute approximate surface area is 159 Å². The number of carbonyl (C=O) groups is 1. The number of pyridine rings is 1. The number of hydrogen-bond donors (Lipinski definition) is 1. The summed E-state index contributed by atoms with van der Waals surface area (Å²) in [5, 5.41) is 4.03. The summed E-state index contributed by atoms with van der Waals surface area (Å²) in [4.78, 5) is 12.1. The Morgan fingerprint density at radius 2 is 1.57 bits per heavy atom. The van der Waals surface area contributed by atoms with Crippen LogP contribution in [0, 0.1) is 0 Å². The van der Waals surface area contributed by atoms with Crippen molar-refractivity contribution in [2.24, 2.45) is 7.05 Å². The third-order valence-corrected chi connectivity index (χ3v) is 4.10. The number of aromatic nitrogens is 1. The van der Waals surface area contributed by atoms with Crippen molar-refractivity contribution >= 4 is 32.6 Å². The van der Waals surface area contributed by atoms with Crippen LogP contribution in [0.2, 0.25) is 0 Å². The van der Waals surface area contributed by atoms with Crippen LogP contribution in [0.25, 0.3) is 10.9 Å². The largest absolute Gasteiger partial charge is 0.741 e. The minimum atomic E-state index is -6.09. The summed E-state index contributed by atoms with van der Waals surface area (Å²) in [5.74, 6) is -0.0964. The van der Waals surface area contributed by atoms with Crippen molar-refractivity contribution in [1.82, 2.24) is 0 Å². The van der Waals surface area contributed by atoms with E-state index >= 15 is 0 Å². The maximum atomic E-state index is 12.1. The van der Waals surface area contributed by atoms with Crippen molar-refractivity contribution in [2.75, 3.05) is 5.32 Å². The Hall–Kier alpha value is -2.98. The van der Waals surface area contributed by atoms with Gasteiger partial charge in [-0.15, -0.1) is 0 Å². The monoisotopic (exact) mass is 412 g/mol. The summed E-state index contributed by atoms with van der Waals surface area (Å²) in [6.45, 7) is 0. The van der Waals surface area contributed by atoms with Crippen LogP contribution >= 0.6 is 0 Å². The fourth-order valence-corrected chi connectivity index (χ4v) is 2.27. The highest BCUT2D eigenvalue weighted by atomic mass is 32.2. The van der Waals surface area contributed by atoms with Gasteiger partial charge in [-0.25, -0.2) is 8.42 Å². The molecule has 10 heteroatoms. The molecule has 1 N–H and O–H groups in total. The molecule has 0 aliphatic heterocycles. The normalized spacial score (nSPS) is 11.5. The maximum Gasteiger partial charge on any atom is 0.485 e. The number of fused-ring (bicyclic) bond motifs is 1. The molecular weight excluding hydrogens is 397 g/mol. The molecule has 0 atom stereocenters. The predicted molar refractivity (Wildman–Crippen MR) is 95.3 cm³/mol. The molecule has 0 unspecified atom stereocenters. The van der Waals surface area contributed by atoms with Crippen molar-refractivity contribution in [3.8, 4) is 0 Å². The molecule has 0 fully saturated rings. The fourth-order valence-electron chi connectivity index (χ4n) is 2.27. The van der Waals surface area contributed by atoms with Crippen molar-refractivity contribution < 1.29 is 35.5 Å². The van der Waals surface area contributed by atoms with E-state index in [-0.39, 0.29) is 5.91 Å². The number of benzene rings is 2. The highest BCUT2D eigenvalue weighted by Crippen LogP contribution is 2.20. The Bertz CT molecular complexity index is 1080. The molecular formula is C18H15F3N2O4S. The number of aryl methyl sites for hydroxylation is 1. The number of amides is 1. The first kappa shape index (κ1) is 21.3. The van der Waals surface area contributed by atoms with Gasteiger partial charge in [0, 0.05) is 17.0 Å². The third kappa shape index (κ3) is 5.51. The average molecular weight is 412 g/mol. The second kappa shape index (κ2) is 8.36. The zero-order valence-electron chi connectivity index (χ0n) is 14.5. The van der Waals surface area contributed by atoms with Gasteiger partial charge in [0.2, 0.25) is 5.52 Å². The number of alkyl halides is 3. The SMILES string of the molecule is C[n+]1cc(NC(=O)c2ccccc2)cc2ccccc21.O=S(=O)([O-])C(F)(F)F. The summed E-state index contributed by atoms with van der Waals surface area (Å²) >= 11 is 0. The summed E-state index contributed by atoms with van der Waals surface area (Å²) in [7, 11) is -4.12. The number of rotatable bonds is 2. The van der Waals surface area contributed by atoms with E-state index in [0.717, 1.165) is 16.6 Å². The Morgan fingerprint density at radius 3 is 2.14 bits per heavy atom. The summed E-state index contributed by atoms with van der Waals surface area (Å²) in [5.41, 5.74) is -3.07. The van der Waals surface area contributed by atoms with E-state index in [1.807, 2.05) is 60.3 Å². The van der Waals surface area contributed by atoms with Gasteiger partial charge in [-0.1, -0.05) is 30.3 Å². The van der Waals surface area contributed by atoms with Gasteiger partial charge in [0.1, 0.15) is 12.7 Å². The van der Waals surface area contributed by atoms with Crippen LogP contribution in [0.1, 0.15) is 10.4 Å². The number of halogens is 3. The fraction of sp³-hybridized carbons (Fsp3) is 0.111. The molecule has 0 aliphatic rings. The summed E-state index contributed by atoms with van der Waals surface area (Å²) in [6.07, 6.45) is 1.92. The molecule has 2 aromatic carbocycles. The summed E-state index contributed by atoms with van der Waals surface area (Å²) < 4.78 is 60.9. The lowest BCUT2D eigenvalue weighted by Gasteiger charge is -2.08. The van der Waals surface area contributed by atoms with Gasteiger partial charge >= 0.3 is 5.51 Å². The first-order valence-electron chi connectivity index (χ1n) is 7.76. The molecule has 148 valence electrons. The molecule has 3 rings (SSSR count). The molecule has 3 aromatic rings. The van der Waals surface area contributed by atoms with E-state index in [2.05, 4.69) is 11.4 Å². The molecule has 0 spiro atoms. The van der Waals surface area contributed by atoms with E-state index < -0.39 is 15.6 Å². The van der Waals surface area contributed by atoms with Crippen molar-refractivity contribution in [3.05, 3.63) is 72.4 Å². The molecule has 6 nitrogen and oxygen atoms in total. The van der Waals surface area contributed by atoms with Crippen LogP contribution in [0.5, 0.6) is 0 Å². The van der Waals surface area contributed by atoms with Crippen LogP contribution in [0.15, 0.2) is 66.9 Å². The molecule has 1 heterocycles. The van der Waals surface area contributed by atoms with Crippen molar-refractivity contribution in [3.63, 3.8) is 0 Å². The van der Waals surface area contributed by atoms with Crippen molar-refractivity contribution in [1.29, 1.82) is 0 Å². The molecule has 1 aromatic heterocycles. The second-order valence-electron chi connectivity index (χ2n) is 5.62. The van der Waals surface area contributed by atoms with Crippen LogP contribution in [-0.2, 0) is 17.2 Å². The lowest BCUT2D eigenvalue weighted by Crippen LogP contribution is -2.29. The molecule has 1 amide bonds. The number of nitrogens with one attached hydrogen (secondary N) is 1. The first-order chi connectivity index (χ1) is 13.0. The van der Waals surface area contributed by atoms with Crippen LogP contribution in [0.3, 0.4) is 0 Å². The van der Waals surface area contributed by atoms with E-state index in [4.69, 9.17) is 13.0 Å². The van der Waals surface area contributed by atoms with Crippen LogP contribution in [0.4, 0.5) is 18.9 Å². The standard InChI is InChI=1S/C17H14N2O.CHF3O3S/c1-19-12-15(11-14-9-5-6-10-16(14)19)18-17(20)13-7-3-2-4-8-13;2-1(3,4)8(5,6)7/h2-12H,1H3;(H,5,6,7). The van der Waals surface area contributed by atoms with Gasteiger partial charge in [-0.3, -0.25) is 4.79 Å². The summed E-state index contributed by atoms with van der Waals surface area (Å²) in [6, 6.07) is 19.3. The molecule has 0 bridgehead atoms. The van der Waals surface area contributed by atoms with Gasteiger partial charge in [0.05, 0.1) is 0 Å². The van der Waals surface area contributed by atoms with Crippen LogP contribution < -0.4 is 9.88 Å². The molecule has 28 heavy (non-hydrogen) atoms. The highest BCUT2D eigenvalue weighted by Gasteiger charge is 2.36. The van der Waals surface area contributed by atoms with Gasteiger partial charge in [0.25, 0.3) is 5.91 Å². The zero-order valence-corrected chi connectivity index (χ0v) is 15.3. The molecule has 0 radical (unpaired) electrons. The minimum Gasteiger partial charge on any atom is -0.741 e. The van der Waals surface area contributed by atoms with E-state index in [1.54, 1.807) is 12.1 Å². The van der Waals surface area contributed by atoms with E-state index in [0.29, 0.717) is 5.56 Å². The first-order valence-corrected chi connectivity index (χ1v) is 9.17. The van der Waals surface area contributed by atoms with E-state index in [9.17, 15) is 18.0 Å². The zero-order chi connectivity index (χ0) is 20.9. The highest BCUT2D eigenvalue weighted by molar-refractivity contribution is 7.86. The number of anilines is 1. The smallest absolute Gasteiger partial charge is 0.485 e. The van der Waals surface area contributed by atoms with Crippen LogP contribution in [-0.4, -0.2) is 24.4 Å². The van der Waals surface area contributed by atoms with Gasteiger partial charge < -0.3 is 9.87 Å². The number of hydrogen-bond acceptors (Lipinski definition) is 4. The Kier molecular flexibility index (Phi) is 6.37. The predicted octanol–water partition coefficient (Wildman–Crippen LogP) is 2.97. The van der Waals surface area contributed by atoms with Gasteiger partial charge in [-0.2, -0.15) is 17.7 Å².